The van der Waals surface area contributed by atoms with Crippen LogP contribution in [-0.4, -0.2) is 4.57 Å². The highest BCUT2D eigenvalue weighted by atomic mass is 15.0. The Morgan fingerprint density at radius 3 is 1.70 bits per heavy atom. The molecule has 1 heteroatoms. The molecule has 8 aromatic carbocycles. The first-order chi connectivity index (χ1) is 22.8. The Morgan fingerprint density at radius 2 is 0.935 bits per heavy atom. The number of para-hydroxylation sites is 1. The van der Waals surface area contributed by atoms with E-state index in [1.165, 1.54) is 83.1 Å². The second-order valence-electron chi connectivity index (χ2n) is 13.6. The Balaban J connectivity index is 1.09. The third-order valence-corrected chi connectivity index (χ3v) is 11.4. The molecule has 212 valence electrons. The molecule has 0 N–H and O–H groups in total. The number of aromatic nitrogens is 1. The van der Waals surface area contributed by atoms with Gasteiger partial charge in [0.25, 0.3) is 0 Å². The molecule has 0 bridgehead atoms. The Labute approximate surface area is 266 Å². The van der Waals surface area contributed by atoms with Crippen LogP contribution in [0.25, 0.3) is 82.1 Å². The molecule has 0 saturated carbocycles. The Bertz CT molecular complexity index is 2810. The lowest BCUT2D eigenvalue weighted by Crippen LogP contribution is -1.94. The second-order valence-corrected chi connectivity index (χ2v) is 13.6. The molecular weight excluding hydrogens is 555 g/mol. The summed E-state index contributed by atoms with van der Waals surface area (Å²) in [6.07, 6.45) is 3.14. The number of rotatable bonds is 3. The van der Waals surface area contributed by atoms with Crippen LogP contribution >= 0.6 is 0 Å². The molecule has 0 saturated heterocycles. The predicted octanol–water partition coefficient (Wildman–Crippen LogP) is 11.3. The normalized spacial score (nSPS) is 13.8. The second kappa shape index (κ2) is 8.13. The van der Waals surface area contributed by atoms with Crippen LogP contribution in [0.5, 0.6) is 0 Å². The fourth-order valence-electron chi connectivity index (χ4n) is 9.48. The third-order valence-electron chi connectivity index (χ3n) is 11.4. The van der Waals surface area contributed by atoms with E-state index in [1.54, 1.807) is 32.3 Å². The molecule has 0 aliphatic heterocycles. The van der Waals surface area contributed by atoms with Gasteiger partial charge in [0.2, 0.25) is 0 Å². The summed E-state index contributed by atoms with van der Waals surface area (Å²) in [4.78, 5) is 0. The van der Waals surface area contributed by atoms with Gasteiger partial charge in [-0.2, -0.15) is 0 Å². The minimum absolute atomic E-state index is 1.02. The van der Waals surface area contributed by atoms with Crippen molar-refractivity contribution in [3.8, 4) is 27.9 Å². The number of nitrogens with zero attached hydrogens (tertiary/aromatic N) is 1. The average Bonchev–Trinajstić information content (AvgIpc) is 3.86. The topological polar surface area (TPSA) is 4.93 Å². The summed E-state index contributed by atoms with van der Waals surface area (Å²) in [6, 6.07) is 48.0. The average molecular weight is 582 g/mol. The number of hydrogen-bond donors (Lipinski definition) is 0. The van der Waals surface area contributed by atoms with Gasteiger partial charge >= 0.3 is 0 Å². The van der Waals surface area contributed by atoms with Crippen LogP contribution in [0.15, 0.2) is 127 Å². The monoisotopic (exact) mass is 581 g/mol. The molecule has 0 unspecified atom stereocenters. The van der Waals surface area contributed by atoms with E-state index in [-0.39, 0.29) is 0 Å². The van der Waals surface area contributed by atoms with Crippen LogP contribution < -0.4 is 0 Å². The maximum absolute atomic E-state index is 2.55. The lowest BCUT2D eigenvalue weighted by molar-refractivity contribution is 1.18. The smallest absolute Gasteiger partial charge is 0.0541 e. The van der Waals surface area contributed by atoms with Crippen LogP contribution in [0, 0.1) is 0 Å². The number of hydrogen-bond acceptors (Lipinski definition) is 0. The van der Waals surface area contributed by atoms with Crippen molar-refractivity contribution >= 4 is 54.1 Å². The molecule has 3 aliphatic rings. The molecule has 0 spiro atoms. The summed E-state index contributed by atoms with van der Waals surface area (Å²) in [5, 5.41) is 11.9. The first-order valence-corrected chi connectivity index (χ1v) is 16.5. The molecule has 0 radical (unpaired) electrons. The third kappa shape index (κ3) is 2.79. The molecule has 1 heterocycles. The maximum atomic E-state index is 2.55. The van der Waals surface area contributed by atoms with Gasteiger partial charge in [0, 0.05) is 16.5 Å². The summed E-state index contributed by atoms with van der Waals surface area (Å²) in [5.41, 5.74) is 18.0. The van der Waals surface area contributed by atoms with Crippen molar-refractivity contribution < 1.29 is 0 Å². The zero-order valence-corrected chi connectivity index (χ0v) is 25.2. The molecule has 3 aliphatic carbocycles. The molecule has 0 fully saturated rings. The first-order valence-electron chi connectivity index (χ1n) is 16.5. The molecule has 46 heavy (non-hydrogen) atoms. The van der Waals surface area contributed by atoms with Crippen molar-refractivity contribution in [2.24, 2.45) is 0 Å². The lowest BCUT2D eigenvalue weighted by Gasteiger charge is -2.14. The molecule has 12 rings (SSSR count). The molecule has 1 nitrogen and oxygen atoms in total. The van der Waals surface area contributed by atoms with Crippen molar-refractivity contribution in [1.82, 2.24) is 4.57 Å². The Hall–Kier alpha value is -5.66. The Kier molecular flexibility index (Phi) is 4.19. The number of fused-ring (bicyclic) bond motifs is 3. The van der Waals surface area contributed by atoms with Gasteiger partial charge in [0.15, 0.2) is 0 Å². The van der Waals surface area contributed by atoms with Crippen molar-refractivity contribution in [3.63, 3.8) is 0 Å². The van der Waals surface area contributed by atoms with Crippen LogP contribution in [0.4, 0.5) is 0 Å². The fourth-order valence-corrected chi connectivity index (χ4v) is 9.48. The first kappa shape index (κ1) is 23.7. The minimum atomic E-state index is 1.02. The quantitative estimate of drug-likeness (QED) is 0.183. The van der Waals surface area contributed by atoms with E-state index in [0.717, 1.165) is 19.3 Å². The van der Waals surface area contributed by atoms with Crippen molar-refractivity contribution in [2.75, 3.05) is 0 Å². The van der Waals surface area contributed by atoms with Crippen molar-refractivity contribution in [3.05, 3.63) is 161 Å². The van der Waals surface area contributed by atoms with E-state index in [0.29, 0.717) is 0 Å². The summed E-state index contributed by atoms with van der Waals surface area (Å²) in [6.45, 7) is 0. The number of benzene rings is 8. The van der Waals surface area contributed by atoms with E-state index in [9.17, 15) is 0 Å². The summed E-state index contributed by atoms with van der Waals surface area (Å²) in [7, 11) is 0. The SMILES string of the molecule is c1ccc(-c2ccc(-n3c4ccccc4c4cc(-c5cc6c7c8c(ccc9c8c8c(ccc%10c8c7c5C%10)C9)C6)ccc43)cc2)cc1. The van der Waals surface area contributed by atoms with E-state index in [4.69, 9.17) is 0 Å². The van der Waals surface area contributed by atoms with Crippen LogP contribution in [0.3, 0.4) is 0 Å². The highest BCUT2D eigenvalue weighted by Gasteiger charge is 2.33. The van der Waals surface area contributed by atoms with E-state index in [2.05, 4.69) is 132 Å². The lowest BCUT2D eigenvalue weighted by atomic mass is 9.90. The minimum Gasteiger partial charge on any atom is -0.309 e. The van der Waals surface area contributed by atoms with Gasteiger partial charge in [0.1, 0.15) is 0 Å². The van der Waals surface area contributed by atoms with Gasteiger partial charge < -0.3 is 4.57 Å². The molecule has 0 atom stereocenters. The molecule has 1 aromatic heterocycles. The van der Waals surface area contributed by atoms with Gasteiger partial charge in [0.05, 0.1) is 11.0 Å². The van der Waals surface area contributed by atoms with Gasteiger partial charge in [-0.1, -0.05) is 91.0 Å². The van der Waals surface area contributed by atoms with Gasteiger partial charge in [-0.05, 0) is 144 Å². The zero-order valence-electron chi connectivity index (χ0n) is 25.2. The van der Waals surface area contributed by atoms with Crippen molar-refractivity contribution in [2.45, 2.75) is 19.3 Å². The summed E-state index contributed by atoms with van der Waals surface area (Å²) < 4.78 is 2.43. The zero-order chi connectivity index (χ0) is 29.7. The van der Waals surface area contributed by atoms with Gasteiger partial charge in [-0.3, -0.25) is 0 Å². The van der Waals surface area contributed by atoms with Crippen molar-refractivity contribution in [1.29, 1.82) is 0 Å². The predicted molar refractivity (Wildman–Crippen MR) is 193 cm³/mol. The molecule has 9 aromatic rings. The summed E-state index contributed by atoms with van der Waals surface area (Å²) in [5.74, 6) is 0. The van der Waals surface area contributed by atoms with Crippen LogP contribution in [0.2, 0.25) is 0 Å². The summed E-state index contributed by atoms with van der Waals surface area (Å²) >= 11 is 0. The van der Waals surface area contributed by atoms with Crippen LogP contribution in [-0.2, 0) is 19.3 Å². The van der Waals surface area contributed by atoms with E-state index >= 15 is 0 Å². The highest BCUT2D eigenvalue weighted by molar-refractivity contribution is 6.34. The van der Waals surface area contributed by atoms with E-state index in [1.807, 2.05) is 0 Å². The fraction of sp³-hybridized carbons (Fsp3) is 0.0667. The van der Waals surface area contributed by atoms with Crippen LogP contribution in [0.1, 0.15) is 33.4 Å². The molecule has 0 amide bonds. The van der Waals surface area contributed by atoms with Gasteiger partial charge in [-0.25, -0.2) is 0 Å². The highest BCUT2D eigenvalue weighted by Crippen LogP contribution is 2.55. The largest absolute Gasteiger partial charge is 0.309 e. The molecular formula is C45H27N. The standard InChI is InChI=1S/C45H27N/c1-2-6-25(7-3-1)26-14-17-33(18-15-26)46-38-9-5-4-8-34(38)36-22-27(16-19-39(36)46)35-24-32-21-30-11-10-28-20-29-12-13-31-23-37(35)45-43(31)41(29)40(28)42(30)44(32)45/h1-19,22,24H,20-21,23H2. The maximum Gasteiger partial charge on any atom is 0.0541 e. The Morgan fingerprint density at radius 1 is 0.370 bits per heavy atom. The van der Waals surface area contributed by atoms with E-state index < -0.39 is 0 Å². The van der Waals surface area contributed by atoms with Gasteiger partial charge in [-0.15, -0.1) is 0 Å².